The van der Waals surface area contributed by atoms with Crippen LogP contribution in [0.25, 0.3) is 0 Å². The highest BCUT2D eigenvalue weighted by Crippen LogP contribution is 2.26. The van der Waals surface area contributed by atoms with Gasteiger partial charge < -0.3 is 0 Å². The summed E-state index contributed by atoms with van der Waals surface area (Å²) in [5, 5.41) is 0. The zero-order valence-electron chi connectivity index (χ0n) is 11.8. The number of allylic oxidation sites excluding steroid dienone is 2. The van der Waals surface area contributed by atoms with Gasteiger partial charge >= 0.3 is 0 Å². The third-order valence-corrected chi connectivity index (χ3v) is 2.41. The van der Waals surface area contributed by atoms with E-state index in [9.17, 15) is 4.79 Å². The summed E-state index contributed by atoms with van der Waals surface area (Å²) < 4.78 is 0. The topological polar surface area (TPSA) is 17.1 Å². The van der Waals surface area contributed by atoms with Crippen molar-refractivity contribution in [3.8, 4) is 0 Å². The Labute approximate surface area is 101 Å². The summed E-state index contributed by atoms with van der Waals surface area (Å²) in [5.74, 6) is 1.38. The smallest absolute Gasteiger partial charge is 0.155 e. The average molecular weight is 224 g/mol. The van der Waals surface area contributed by atoms with Crippen LogP contribution in [0.15, 0.2) is 12.2 Å². The molecule has 0 aliphatic rings. The van der Waals surface area contributed by atoms with E-state index in [2.05, 4.69) is 41.5 Å². The SMILES string of the molecule is CC(C)CC(=O)/C=C/CC(C)CC(C)(C)C. The van der Waals surface area contributed by atoms with Crippen LogP contribution in [0.5, 0.6) is 0 Å². The Morgan fingerprint density at radius 3 is 2.19 bits per heavy atom. The van der Waals surface area contributed by atoms with Crippen molar-refractivity contribution in [2.24, 2.45) is 17.3 Å². The highest BCUT2D eigenvalue weighted by Gasteiger charge is 2.14. The predicted molar refractivity (Wildman–Crippen MR) is 71.5 cm³/mol. The maximum atomic E-state index is 11.4. The minimum absolute atomic E-state index is 0.262. The molecular formula is C15H28O. The normalized spacial score (nSPS) is 14.7. The van der Waals surface area contributed by atoms with Crippen molar-refractivity contribution in [2.45, 2.75) is 60.8 Å². The Hall–Kier alpha value is -0.590. The molecule has 0 aromatic carbocycles. The number of carbonyl (C=O) groups is 1. The maximum Gasteiger partial charge on any atom is 0.155 e. The van der Waals surface area contributed by atoms with E-state index >= 15 is 0 Å². The molecule has 0 aromatic heterocycles. The summed E-state index contributed by atoms with van der Waals surface area (Å²) >= 11 is 0. The summed E-state index contributed by atoms with van der Waals surface area (Å²) in [6.07, 6.45) is 6.70. The van der Waals surface area contributed by atoms with E-state index in [1.807, 2.05) is 6.08 Å². The lowest BCUT2D eigenvalue weighted by Crippen LogP contribution is -2.10. The number of carbonyl (C=O) groups excluding carboxylic acids is 1. The molecule has 0 aliphatic carbocycles. The van der Waals surface area contributed by atoms with Gasteiger partial charge in [-0.3, -0.25) is 4.79 Å². The van der Waals surface area contributed by atoms with Crippen molar-refractivity contribution in [3.05, 3.63) is 12.2 Å². The van der Waals surface area contributed by atoms with Crippen molar-refractivity contribution < 1.29 is 4.79 Å². The third-order valence-electron chi connectivity index (χ3n) is 2.41. The molecule has 94 valence electrons. The van der Waals surface area contributed by atoms with Crippen LogP contribution in [0.3, 0.4) is 0 Å². The predicted octanol–water partition coefficient (Wildman–Crippen LogP) is 4.62. The van der Waals surface area contributed by atoms with Crippen LogP contribution in [0.2, 0.25) is 0 Å². The lowest BCUT2D eigenvalue weighted by Gasteiger charge is -2.22. The first-order valence-corrected chi connectivity index (χ1v) is 6.40. The Kier molecular flexibility index (Phi) is 6.62. The van der Waals surface area contributed by atoms with Gasteiger partial charge in [-0.2, -0.15) is 0 Å². The molecule has 0 heterocycles. The van der Waals surface area contributed by atoms with Gasteiger partial charge in [0.1, 0.15) is 0 Å². The average Bonchev–Trinajstić information content (AvgIpc) is 1.98. The van der Waals surface area contributed by atoms with Crippen LogP contribution in [0.1, 0.15) is 60.8 Å². The van der Waals surface area contributed by atoms with E-state index < -0.39 is 0 Å². The van der Waals surface area contributed by atoms with Crippen LogP contribution < -0.4 is 0 Å². The highest BCUT2D eigenvalue weighted by molar-refractivity contribution is 5.89. The number of ketones is 1. The molecule has 0 saturated heterocycles. The van der Waals surface area contributed by atoms with Crippen molar-refractivity contribution in [2.75, 3.05) is 0 Å². The van der Waals surface area contributed by atoms with Gasteiger partial charge in [-0.1, -0.05) is 47.6 Å². The first-order valence-electron chi connectivity index (χ1n) is 6.40. The standard InChI is InChI=1S/C15H28O/c1-12(2)10-14(16)9-7-8-13(3)11-15(4,5)6/h7,9,12-13H,8,10-11H2,1-6H3/b9-7+. The molecule has 0 amide bonds. The van der Waals surface area contributed by atoms with Crippen LogP contribution in [0.4, 0.5) is 0 Å². The van der Waals surface area contributed by atoms with E-state index in [-0.39, 0.29) is 5.78 Å². The monoisotopic (exact) mass is 224 g/mol. The molecule has 0 rings (SSSR count). The fourth-order valence-corrected chi connectivity index (χ4v) is 2.03. The highest BCUT2D eigenvalue weighted by atomic mass is 16.1. The van der Waals surface area contributed by atoms with Gasteiger partial charge in [0.25, 0.3) is 0 Å². The second-order valence-electron chi connectivity index (χ2n) is 6.57. The fourth-order valence-electron chi connectivity index (χ4n) is 2.03. The number of rotatable bonds is 6. The molecule has 0 aliphatic heterocycles. The molecule has 1 nitrogen and oxygen atoms in total. The Morgan fingerprint density at radius 1 is 1.19 bits per heavy atom. The fraction of sp³-hybridized carbons (Fsp3) is 0.800. The molecule has 0 aromatic rings. The molecular weight excluding hydrogens is 196 g/mol. The summed E-state index contributed by atoms with van der Waals surface area (Å²) in [5.41, 5.74) is 0.384. The lowest BCUT2D eigenvalue weighted by molar-refractivity contribution is -0.115. The summed E-state index contributed by atoms with van der Waals surface area (Å²) in [6, 6.07) is 0. The molecule has 1 heteroatoms. The molecule has 0 fully saturated rings. The molecule has 0 spiro atoms. The molecule has 0 saturated carbocycles. The Morgan fingerprint density at radius 2 is 1.75 bits per heavy atom. The molecule has 0 radical (unpaired) electrons. The van der Waals surface area contributed by atoms with E-state index in [1.54, 1.807) is 6.08 Å². The van der Waals surface area contributed by atoms with Crippen LogP contribution >= 0.6 is 0 Å². The van der Waals surface area contributed by atoms with Crippen molar-refractivity contribution in [1.82, 2.24) is 0 Å². The van der Waals surface area contributed by atoms with Gasteiger partial charge in [0.15, 0.2) is 5.78 Å². The van der Waals surface area contributed by atoms with E-state index in [0.717, 1.165) is 6.42 Å². The molecule has 0 N–H and O–H groups in total. The zero-order chi connectivity index (χ0) is 12.8. The van der Waals surface area contributed by atoms with Gasteiger partial charge in [-0.15, -0.1) is 0 Å². The van der Waals surface area contributed by atoms with Gasteiger partial charge in [-0.25, -0.2) is 0 Å². The molecule has 16 heavy (non-hydrogen) atoms. The first-order chi connectivity index (χ1) is 7.20. The zero-order valence-corrected chi connectivity index (χ0v) is 11.8. The maximum absolute atomic E-state index is 11.4. The largest absolute Gasteiger partial charge is 0.295 e. The Balaban J connectivity index is 3.87. The van der Waals surface area contributed by atoms with E-state index in [0.29, 0.717) is 23.7 Å². The number of hydrogen-bond donors (Lipinski definition) is 0. The summed E-state index contributed by atoms with van der Waals surface area (Å²) in [6.45, 7) is 13.2. The minimum atomic E-state index is 0.262. The van der Waals surface area contributed by atoms with Gasteiger partial charge in [0.2, 0.25) is 0 Å². The second kappa shape index (κ2) is 6.88. The van der Waals surface area contributed by atoms with Crippen LogP contribution in [-0.2, 0) is 4.79 Å². The van der Waals surface area contributed by atoms with E-state index in [1.165, 1.54) is 6.42 Å². The van der Waals surface area contributed by atoms with Crippen LogP contribution in [0, 0.1) is 17.3 Å². The summed E-state index contributed by atoms with van der Waals surface area (Å²) in [7, 11) is 0. The molecule has 0 bridgehead atoms. The van der Waals surface area contributed by atoms with E-state index in [4.69, 9.17) is 0 Å². The van der Waals surface area contributed by atoms with Gasteiger partial charge in [0, 0.05) is 6.42 Å². The molecule has 1 atom stereocenters. The quantitative estimate of drug-likeness (QED) is 0.602. The second-order valence-corrected chi connectivity index (χ2v) is 6.57. The first kappa shape index (κ1) is 15.4. The van der Waals surface area contributed by atoms with Crippen molar-refractivity contribution in [1.29, 1.82) is 0 Å². The number of hydrogen-bond acceptors (Lipinski definition) is 1. The molecule has 1 unspecified atom stereocenters. The summed E-state index contributed by atoms with van der Waals surface area (Å²) in [4.78, 5) is 11.4. The Bertz CT molecular complexity index is 230. The van der Waals surface area contributed by atoms with Crippen molar-refractivity contribution in [3.63, 3.8) is 0 Å². The van der Waals surface area contributed by atoms with Crippen LogP contribution in [-0.4, -0.2) is 5.78 Å². The lowest BCUT2D eigenvalue weighted by atomic mass is 9.84. The van der Waals surface area contributed by atoms with Gasteiger partial charge in [0.05, 0.1) is 0 Å². The third kappa shape index (κ3) is 9.95. The van der Waals surface area contributed by atoms with Gasteiger partial charge in [-0.05, 0) is 36.2 Å². The van der Waals surface area contributed by atoms with Crippen molar-refractivity contribution >= 4 is 5.78 Å². The minimum Gasteiger partial charge on any atom is -0.295 e.